The zero-order chi connectivity index (χ0) is 9.42. The summed E-state index contributed by atoms with van der Waals surface area (Å²) < 4.78 is 0. The lowest BCUT2D eigenvalue weighted by molar-refractivity contribution is 0.630. The van der Waals surface area contributed by atoms with Crippen LogP contribution in [0.4, 0.5) is 0 Å². The molecule has 1 aromatic heterocycles. The van der Waals surface area contributed by atoms with Crippen LogP contribution in [-0.2, 0) is 0 Å². The number of aryl methyl sites for hydroxylation is 1. The number of halogens is 1. The Bertz CT molecular complexity index is 321. The lowest BCUT2D eigenvalue weighted by atomic mass is 10.0. The Morgan fingerprint density at radius 1 is 1.62 bits per heavy atom. The van der Waals surface area contributed by atoms with Crippen LogP contribution in [-0.4, -0.2) is 4.98 Å². The van der Waals surface area contributed by atoms with Crippen LogP contribution < -0.4 is 5.73 Å². The van der Waals surface area contributed by atoms with Gasteiger partial charge in [0.05, 0.1) is 0 Å². The van der Waals surface area contributed by atoms with Gasteiger partial charge >= 0.3 is 0 Å². The van der Waals surface area contributed by atoms with Gasteiger partial charge < -0.3 is 5.73 Å². The quantitative estimate of drug-likeness (QED) is 0.739. The van der Waals surface area contributed by atoms with Crippen LogP contribution in [0.25, 0.3) is 0 Å². The molecule has 13 heavy (non-hydrogen) atoms. The molecule has 0 amide bonds. The molecule has 1 fully saturated rings. The van der Waals surface area contributed by atoms with Gasteiger partial charge in [-0.1, -0.05) is 11.6 Å². The summed E-state index contributed by atoms with van der Waals surface area (Å²) in [6.07, 6.45) is 4.30. The minimum absolute atomic E-state index is 0.156. The van der Waals surface area contributed by atoms with Crippen LogP contribution in [0.3, 0.4) is 0 Å². The van der Waals surface area contributed by atoms with Crippen molar-refractivity contribution in [2.24, 2.45) is 11.7 Å². The minimum Gasteiger partial charge on any atom is -0.324 e. The Morgan fingerprint density at radius 3 is 2.85 bits per heavy atom. The predicted molar refractivity (Wildman–Crippen MR) is 53.6 cm³/mol. The molecule has 1 aliphatic carbocycles. The summed E-state index contributed by atoms with van der Waals surface area (Å²) in [6, 6.07) is 2.20. The molecule has 0 aromatic carbocycles. The SMILES string of the molecule is Cc1cc([C@@H](N)C2CC2)cnc1Cl. The van der Waals surface area contributed by atoms with Crippen LogP contribution in [0.15, 0.2) is 12.3 Å². The smallest absolute Gasteiger partial charge is 0.131 e. The fourth-order valence-electron chi connectivity index (χ4n) is 1.49. The third-order valence-electron chi connectivity index (χ3n) is 2.55. The summed E-state index contributed by atoms with van der Waals surface area (Å²) in [5.41, 5.74) is 8.16. The first-order chi connectivity index (χ1) is 6.18. The van der Waals surface area contributed by atoms with E-state index in [0.29, 0.717) is 11.1 Å². The van der Waals surface area contributed by atoms with Crippen molar-refractivity contribution in [3.8, 4) is 0 Å². The lowest BCUT2D eigenvalue weighted by Crippen LogP contribution is -2.12. The van der Waals surface area contributed by atoms with Gasteiger partial charge in [-0.05, 0) is 42.9 Å². The van der Waals surface area contributed by atoms with Crippen molar-refractivity contribution in [2.45, 2.75) is 25.8 Å². The molecule has 1 aliphatic rings. The number of rotatable bonds is 2. The van der Waals surface area contributed by atoms with Crippen LogP contribution in [0.2, 0.25) is 5.15 Å². The molecule has 0 unspecified atom stereocenters. The van der Waals surface area contributed by atoms with Gasteiger partial charge in [-0.3, -0.25) is 0 Å². The molecule has 70 valence electrons. The van der Waals surface area contributed by atoms with Gasteiger partial charge in [0.2, 0.25) is 0 Å². The second-order valence-electron chi connectivity index (χ2n) is 3.74. The Kier molecular flexibility index (Phi) is 2.26. The van der Waals surface area contributed by atoms with Gasteiger partial charge in [0.25, 0.3) is 0 Å². The Labute approximate surface area is 83.1 Å². The summed E-state index contributed by atoms with van der Waals surface area (Å²) in [6.45, 7) is 1.96. The van der Waals surface area contributed by atoms with Crippen molar-refractivity contribution in [1.82, 2.24) is 4.98 Å². The van der Waals surface area contributed by atoms with E-state index >= 15 is 0 Å². The number of pyridine rings is 1. The highest BCUT2D eigenvalue weighted by Crippen LogP contribution is 2.39. The average molecular weight is 197 g/mol. The molecule has 1 saturated carbocycles. The molecule has 0 radical (unpaired) electrons. The van der Waals surface area contributed by atoms with Crippen molar-refractivity contribution in [3.63, 3.8) is 0 Å². The van der Waals surface area contributed by atoms with Crippen LogP contribution >= 0.6 is 11.6 Å². The van der Waals surface area contributed by atoms with Gasteiger partial charge in [-0.15, -0.1) is 0 Å². The molecular formula is C10H13ClN2. The molecule has 1 heterocycles. The zero-order valence-electron chi connectivity index (χ0n) is 7.63. The van der Waals surface area contributed by atoms with Crippen LogP contribution in [0, 0.1) is 12.8 Å². The third kappa shape index (κ3) is 1.84. The van der Waals surface area contributed by atoms with Crippen molar-refractivity contribution in [2.75, 3.05) is 0 Å². The van der Waals surface area contributed by atoms with E-state index in [1.807, 2.05) is 13.0 Å². The Morgan fingerprint density at radius 2 is 2.31 bits per heavy atom. The van der Waals surface area contributed by atoms with E-state index in [9.17, 15) is 0 Å². The molecule has 1 aromatic rings. The van der Waals surface area contributed by atoms with E-state index in [2.05, 4.69) is 4.98 Å². The van der Waals surface area contributed by atoms with Crippen LogP contribution in [0.5, 0.6) is 0 Å². The number of nitrogens with zero attached hydrogens (tertiary/aromatic N) is 1. The summed E-state index contributed by atoms with van der Waals surface area (Å²) in [5.74, 6) is 0.669. The van der Waals surface area contributed by atoms with Gasteiger partial charge in [0.15, 0.2) is 0 Å². The summed E-state index contributed by atoms with van der Waals surface area (Å²) in [5, 5.41) is 0.576. The first kappa shape index (κ1) is 8.97. The highest BCUT2D eigenvalue weighted by molar-refractivity contribution is 6.30. The lowest BCUT2D eigenvalue weighted by Gasteiger charge is -2.10. The van der Waals surface area contributed by atoms with Crippen molar-refractivity contribution >= 4 is 11.6 Å². The highest BCUT2D eigenvalue weighted by Gasteiger charge is 2.29. The Balaban J connectivity index is 2.24. The largest absolute Gasteiger partial charge is 0.324 e. The first-order valence-corrected chi connectivity index (χ1v) is 4.94. The van der Waals surface area contributed by atoms with E-state index in [-0.39, 0.29) is 6.04 Å². The van der Waals surface area contributed by atoms with E-state index < -0.39 is 0 Å². The summed E-state index contributed by atoms with van der Waals surface area (Å²) in [4.78, 5) is 4.10. The second kappa shape index (κ2) is 3.28. The maximum Gasteiger partial charge on any atom is 0.131 e. The van der Waals surface area contributed by atoms with E-state index in [1.165, 1.54) is 12.8 Å². The van der Waals surface area contributed by atoms with E-state index in [1.54, 1.807) is 6.20 Å². The van der Waals surface area contributed by atoms with Crippen molar-refractivity contribution in [1.29, 1.82) is 0 Å². The van der Waals surface area contributed by atoms with Gasteiger partial charge in [-0.2, -0.15) is 0 Å². The highest BCUT2D eigenvalue weighted by atomic mass is 35.5. The summed E-state index contributed by atoms with van der Waals surface area (Å²) >= 11 is 5.83. The molecule has 2 N–H and O–H groups in total. The zero-order valence-corrected chi connectivity index (χ0v) is 8.38. The molecule has 2 rings (SSSR count). The molecule has 0 aliphatic heterocycles. The molecular weight excluding hydrogens is 184 g/mol. The van der Waals surface area contributed by atoms with Gasteiger partial charge in [-0.25, -0.2) is 4.98 Å². The fraction of sp³-hybridized carbons (Fsp3) is 0.500. The first-order valence-electron chi connectivity index (χ1n) is 4.56. The standard InChI is InChI=1S/C10H13ClN2/c1-6-4-8(5-13-10(6)11)9(12)7-2-3-7/h4-5,7,9H,2-3,12H2,1H3/t9-/m0/s1. The molecule has 0 spiro atoms. The van der Waals surface area contributed by atoms with Crippen molar-refractivity contribution < 1.29 is 0 Å². The number of aromatic nitrogens is 1. The number of hydrogen-bond donors (Lipinski definition) is 1. The molecule has 2 nitrogen and oxygen atoms in total. The fourth-order valence-corrected chi connectivity index (χ4v) is 1.59. The maximum absolute atomic E-state index is 6.04. The average Bonchev–Trinajstić information content (AvgIpc) is 2.91. The minimum atomic E-state index is 0.156. The number of nitrogens with two attached hydrogens (primary N) is 1. The van der Waals surface area contributed by atoms with Gasteiger partial charge in [0, 0.05) is 12.2 Å². The van der Waals surface area contributed by atoms with Gasteiger partial charge in [0.1, 0.15) is 5.15 Å². The van der Waals surface area contributed by atoms with E-state index in [0.717, 1.165) is 11.1 Å². The van der Waals surface area contributed by atoms with Crippen LogP contribution in [0.1, 0.15) is 30.0 Å². The van der Waals surface area contributed by atoms with Crippen molar-refractivity contribution in [3.05, 3.63) is 28.5 Å². The number of hydrogen-bond acceptors (Lipinski definition) is 2. The topological polar surface area (TPSA) is 38.9 Å². The maximum atomic E-state index is 6.04. The third-order valence-corrected chi connectivity index (χ3v) is 2.95. The van der Waals surface area contributed by atoms with E-state index in [4.69, 9.17) is 17.3 Å². The predicted octanol–water partition coefficient (Wildman–Crippen LogP) is 2.45. The second-order valence-corrected chi connectivity index (χ2v) is 4.10. The molecule has 3 heteroatoms. The molecule has 1 atom stereocenters. The molecule has 0 bridgehead atoms. The monoisotopic (exact) mass is 196 g/mol. The molecule has 0 saturated heterocycles. The normalized spacial score (nSPS) is 18.7. The Hall–Kier alpha value is -0.600. The summed E-state index contributed by atoms with van der Waals surface area (Å²) in [7, 11) is 0.